The maximum absolute atomic E-state index is 12.9. The van der Waals surface area contributed by atoms with E-state index in [9.17, 15) is 4.39 Å². The Morgan fingerprint density at radius 1 is 1.54 bits per heavy atom. The number of rotatable bonds is 3. The molecule has 1 rings (SSSR count). The summed E-state index contributed by atoms with van der Waals surface area (Å²) in [7, 11) is 0. The SMILES string of the molecule is Cc1ccc(F)cc1C(C)CON. The molecule has 0 aliphatic heterocycles. The van der Waals surface area contributed by atoms with Crippen LogP contribution < -0.4 is 5.90 Å². The molecule has 0 saturated carbocycles. The van der Waals surface area contributed by atoms with Crippen LogP contribution in [0.15, 0.2) is 18.2 Å². The van der Waals surface area contributed by atoms with Gasteiger partial charge in [-0.3, -0.25) is 0 Å². The lowest BCUT2D eigenvalue weighted by molar-refractivity contribution is 0.126. The molecule has 0 heterocycles. The van der Waals surface area contributed by atoms with Crippen LogP contribution in [0.4, 0.5) is 4.39 Å². The van der Waals surface area contributed by atoms with E-state index in [0.717, 1.165) is 11.1 Å². The standard InChI is InChI=1S/C10H14FNO/c1-7-3-4-9(11)5-10(7)8(2)6-13-12/h3-5,8H,6,12H2,1-2H3. The van der Waals surface area contributed by atoms with Crippen molar-refractivity contribution in [2.45, 2.75) is 19.8 Å². The minimum absolute atomic E-state index is 0.126. The van der Waals surface area contributed by atoms with Crippen LogP contribution >= 0.6 is 0 Å². The molecule has 1 atom stereocenters. The van der Waals surface area contributed by atoms with Gasteiger partial charge in [0.25, 0.3) is 0 Å². The minimum atomic E-state index is -0.218. The molecule has 0 aliphatic rings. The highest BCUT2D eigenvalue weighted by Gasteiger charge is 2.08. The van der Waals surface area contributed by atoms with E-state index >= 15 is 0 Å². The lowest BCUT2D eigenvalue weighted by Crippen LogP contribution is -2.09. The van der Waals surface area contributed by atoms with Gasteiger partial charge in [0.15, 0.2) is 0 Å². The zero-order valence-corrected chi connectivity index (χ0v) is 7.88. The normalized spacial score (nSPS) is 12.9. The maximum Gasteiger partial charge on any atom is 0.123 e. The van der Waals surface area contributed by atoms with Gasteiger partial charge < -0.3 is 4.84 Å². The second-order valence-electron chi connectivity index (χ2n) is 3.24. The smallest absolute Gasteiger partial charge is 0.123 e. The average Bonchev–Trinajstić information content (AvgIpc) is 2.09. The third kappa shape index (κ3) is 2.50. The summed E-state index contributed by atoms with van der Waals surface area (Å²) in [5.41, 5.74) is 2.01. The van der Waals surface area contributed by atoms with Crippen LogP contribution in [0.5, 0.6) is 0 Å². The summed E-state index contributed by atoms with van der Waals surface area (Å²) in [5, 5.41) is 0. The Bertz CT molecular complexity index is 288. The van der Waals surface area contributed by atoms with Gasteiger partial charge in [0.05, 0.1) is 6.61 Å². The quantitative estimate of drug-likeness (QED) is 0.728. The van der Waals surface area contributed by atoms with Gasteiger partial charge in [-0.25, -0.2) is 10.3 Å². The van der Waals surface area contributed by atoms with Crippen LogP contribution in [0.1, 0.15) is 24.0 Å². The Balaban J connectivity index is 2.91. The molecule has 13 heavy (non-hydrogen) atoms. The molecule has 1 unspecified atom stereocenters. The lowest BCUT2D eigenvalue weighted by atomic mass is 9.97. The van der Waals surface area contributed by atoms with E-state index in [4.69, 9.17) is 5.90 Å². The van der Waals surface area contributed by atoms with Crippen LogP contribution in [0.2, 0.25) is 0 Å². The molecule has 0 aliphatic carbocycles. The molecule has 1 aromatic carbocycles. The van der Waals surface area contributed by atoms with Gasteiger partial charge in [0.1, 0.15) is 5.82 Å². The van der Waals surface area contributed by atoms with Crippen LogP contribution in [0.3, 0.4) is 0 Å². The van der Waals surface area contributed by atoms with Crippen molar-refractivity contribution >= 4 is 0 Å². The monoisotopic (exact) mass is 183 g/mol. The van der Waals surface area contributed by atoms with E-state index < -0.39 is 0 Å². The van der Waals surface area contributed by atoms with Crippen LogP contribution in [-0.2, 0) is 4.84 Å². The van der Waals surface area contributed by atoms with Gasteiger partial charge in [-0.2, -0.15) is 0 Å². The summed E-state index contributed by atoms with van der Waals surface area (Å²) < 4.78 is 12.9. The van der Waals surface area contributed by atoms with E-state index in [1.54, 1.807) is 6.07 Å². The summed E-state index contributed by atoms with van der Waals surface area (Å²) in [4.78, 5) is 4.53. The van der Waals surface area contributed by atoms with E-state index in [2.05, 4.69) is 4.84 Å². The second-order valence-corrected chi connectivity index (χ2v) is 3.24. The maximum atomic E-state index is 12.9. The first-order valence-electron chi connectivity index (χ1n) is 4.23. The summed E-state index contributed by atoms with van der Waals surface area (Å²) >= 11 is 0. The van der Waals surface area contributed by atoms with Gasteiger partial charge in [0, 0.05) is 5.92 Å². The number of aryl methyl sites for hydroxylation is 1. The first-order valence-corrected chi connectivity index (χ1v) is 4.23. The summed E-state index contributed by atoms with van der Waals surface area (Å²) in [6.45, 7) is 4.31. The lowest BCUT2D eigenvalue weighted by Gasteiger charge is -2.12. The van der Waals surface area contributed by atoms with E-state index in [1.165, 1.54) is 12.1 Å². The van der Waals surface area contributed by atoms with Gasteiger partial charge in [-0.15, -0.1) is 0 Å². The van der Waals surface area contributed by atoms with Crippen molar-refractivity contribution in [1.82, 2.24) is 0 Å². The predicted octanol–water partition coefficient (Wildman–Crippen LogP) is 2.13. The fraction of sp³-hybridized carbons (Fsp3) is 0.400. The molecule has 0 radical (unpaired) electrons. The number of hydrogen-bond donors (Lipinski definition) is 1. The minimum Gasteiger partial charge on any atom is -0.304 e. The van der Waals surface area contributed by atoms with Crippen molar-refractivity contribution in [3.05, 3.63) is 35.1 Å². The molecule has 3 heteroatoms. The van der Waals surface area contributed by atoms with Crippen molar-refractivity contribution in [3.63, 3.8) is 0 Å². The highest BCUT2D eigenvalue weighted by Crippen LogP contribution is 2.20. The third-order valence-corrected chi connectivity index (χ3v) is 2.12. The van der Waals surface area contributed by atoms with Gasteiger partial charge in [0.2, 0.25) is 0 Å². The fourth-order valence-corrected chi connectivity index (χ4v) is 1.38. The topological polar surface area (TPSA) is 35.2 Å². The van der Waals surface area contributed by atoms with Gasteiger partial charge in [-0.1, -0.05) is 13.0 Å². The van der Waals surface area contributed by atoms with Crippen molar-refractivity contribution in [1.29, 1.82) is 0 Å². The Kier molecular flexibility index (Phi) is 3.39. The summed E-state index contributed by atoms with van der Waals surface area (Å²) in [5.74, 6) is 4.87. The Hall–Kier alpha value is -0.930. The molecule has 0 aromatic heterocycles. The molecule has 0 saturated heterocycles. The highest BCUT2D eigenvalue weighted by atomic mass is 19.1. The molecule has 1 aromatic rings. The van der Waals surface area contributed by atoms with Gasteiger partial charge >= 0.3 is 0 Å². The zero-order chi connectivity index (χ0) is 9.84. The fourth-order valence-electron chi connectivity index (χ4n) is 1.38. The van der Waals surface area contributed by atoms with Gasteiger partial charge in [-0.05, 0) is 30.2 Å². The molecular formula is C10H14FNO. The first kappa shape index (κ1) is 10.2. The van der Waals surface area contributed by atoms with Crippen molar-refractivity contribution in [2.24, 2.45) is 5.90 Å². The molecule has 0 fully saturated rings. The average molecular weight is 183 g/mol. The molecule has 2 N–H and O–H groups in total. The van der Waals surface area contributed by atoms with E-state index in [0.29, 0.717) is 6.61 Å². The van der Waals surface area contributed by atoms with Crippen LogP contribution in [0.25, 0.3) is 0 Å². The molecule has 2 nitrogen and oxygen atoms in total. The summed E-state index contributed by atoms with van der Waals surface area (Å²) in [6, 6.07) is 4.74. The third-order valence-electron chi connectivity index (χ3n) is 2.12. The molecule has 72 valence electrons. The molecular weight excluding hydrogens is 169 g/mol. The predicted molar refractivity (Wildman–Crippen MR) is 49.7 cm³/mol. The highest BCUT2D eigenvalue weighted by molar-refractivity contribution is 5.29. The second kappa shape index (κ2) is 4.35. The largest absolute Gasteiger partial charge is 0.304 e. The number of benzene rings is 1. The number of nitrogens with two attached hydrogens (primary N) is 1. The zero-order valence-electron chi connectivity index (χ0n) is 7.88. The van der Waals surface area contributed by atoms with Crippen molar-refractivity contribution < 1.29 is 9.23 Å². The molecule has 0 amide bonds. The van der Waals surface area contributed by atoms with Crippen LogP contribution in [0, 0.1) is 12.7 Å². The van der Waals surface area contributed by atoms with Crippen molar-refractivity contribution in [2.75, 3.05) is 6.61 Å². The Labute approximate surface area is 77.5 Å². The van der Waals surface area contributed by atoms with E-state index in [-0.39, 0.29) is 11.7 Å². The van der Waals surface area contributed by atoms with Crippen molar-refractivity contribution in [3.8, 4) is 0 Å². The number of halogens is 1. The summed E-state index contributed by atoms with van der Waals surface area (Å²) in [6.07, 6.45) is 0. The van der Waals surface area contributed by atoms with Crippen LogP contribution in [-0.4, -0.2) is 6.61 Å². The Morgan fingerprint density at radius 2 is 2.23 bits per heavy atom. The van der Waals surface area contributed by atoms with E-state index in [1.807, 2.05) is 13.8 Å². The first-order chi connectivity index (χ1) is 6.15. The molecule has 0 spiro atoms. The Morgan fingerprint density at radius 3 is 2.85 bits per heavy atom. The molecule has 0 bridgehead atoms. The number of hydrogen-bond acceptors (Lipinski definition) is 2.